The molecule has 0 spiro atoms. The maximum atomic E-state index is 12.3. The summed E-state index contributed by atoms with van der Waals surface area (Å²) in [4.78, 5) is 24.9. The molecule has 0 saturated carbocycles. The number of carboxylic acids is 1. The Hall–Kier alpha value is -1.10. The van der Waals surface area contributed by atoms with Crippen molar-refractivity contribution in [2.45, 2.75) is 32.2 Å². The van der Waals surface area contributed by atoms with Crippen molar-refractivity contribution in [2.24, 2.45) is 5.41 Å². The van der Waals surface area contributed by atoms with Crippen LogP contribution in [0, 0.1) is 5.41 Å². The van der Waals surface area contributed by atoms with Crippen LogP contribution < -0.4 is 5.32 Å². The standard InChI is InChI=1S/C11H18N2O3/c1-11(4-5-12-7-11)10(16)13-6-2-3-8(13)9(14)15/h8,12H,2-7H2,1H3,(H,14,15)/t8-,11?/m1/s1. The Morgan fingerprint density at radius 1 is 1.50 bits per heavy atom. The lowest BCUT2D eigenvalue weighted by Crippen LogP contribution is -2.48. The fraction of sp³-hybridized carbons (Fsp3) is 0.818. The molecule has 2 fully saturated rings. The average Bonchev–Trinajstić information content (AvgIpc) is 2.85. The third-order valence-corrected chi connectivity index (χ3v) is 3.68. The maximum Gasteiger partial charge on any atom is 0.326 e. The maximum absolute atomic E-state index is 12.3. The molecule has 0 aromatic carbocycles. The van der Waals surface area contributed by atoms with Crippen LogP contribution in [-0.2, 0) is 9.59 Å². The van der Waals surface area contributed by atoms with Gasteiger partial charge in [0.1, 0.15) is 6.04 Å². The summed E-state index contributed by atoms with van der Waals surface area (Å²) >= 11 is 0. The molecule has 2 aliphatic rings. The average molecular weight is 226 g/mol. The zero-order valence-corrected chi connectivity index (χ0v) is 9.53. The van der Waals surface area contributed by atoms with Gasteiger partial charge in [0, 0.05) is 13.1 Å². The molecule has 0 aromatic heterocycles. The number of hydrogen-bond acceptors (Lipinski definition) is 3. The molecule has 0 aromatic rings. The highest BCUT2D eigenvalue weighted by atomic mass is 16.4. The predicted octanol–water partition coefficient (Wildman–Crippen LogP) is 0.0616. The fourth-order valence-electron chi connectivity index (χ4n) is 2.61. The van der Waals surface area contributed by atoms with Crippen LogP contribution in [0.4, 0.5) is 0 Å². The van der Waals surface area contributed by atoms with Gasteiger partial charge in [-0.25, -0.2) is 4.79 Å². The Kier molecular flexibility index (Phi) is 2.88. The first kappa shape index (κ1) is 11.4. The lowest BCUT2D eigenvalue weighted by molar-refractivity contribution is -0.152. The van der Waals surface area contributed by atoms with Crippen molar-refractivity contribution in [3.63, 3.8) is 0 Å². The number of nitrogens with one attached hydrogen (secondary N) is 1. The van der Waals surface area contributed by atoms with E-state index in [1.165, 1.54) is 0 Å². The Labute approximate surface area is 94.8 Å². The molecule has 1 amide bonds. The van der Waals surface area contributed by atoms with Gasteiger partial charge in [-0.2, -0.15) is 0 Å². The van der Waals surface area contributed by atoms with Crippen LogP contribution in [-0.4, -0.2) is 47.6 Å². The van der Waals surface area contributed by atoms with Crippen molar-refractivity contribution in [1.29, 1.82) is 0 Å². The summed E-state index contributed by atoms with van der Waals surface area (Å²) in [5.41, 5.74) is -0.405. The monoisotopic (exact) mass is 226 g/mol. The van der Waals surface area contributed by atoms with Crippen LogP contribution in [0.1, 0.15) is 26.2 Å². The van der Waals surface area contributed by atoms with E-state index in [9.17, 15) is 9.59 Å². The topological polar surface area (TPSA) is 69.6 Å². The van der Waals surface area contributed by atoms with Crippen molar-refractivity contribution in [1.82, 2.24) is 10.2 Å². The zero-order valence-electron chi connectivity index (χ0n) is 9.53. The van der Waals surface area contributed by atoms with Crippen LogP contribution in [0.5, 0.6) is 0 Å². The predicted molar refractivity (Wildman–Crippen MR) is 58.0 cm³/mol. The van der Waals surface area contributed by atoms with Gasteiger partial charge in [0.25, 0.3) is 0 Å². The zero-order chi connectivity index (χ0) is 11.8. The van der Waals surface area contributed by atoms with Crippen molar-refractivity contribution < 1.29 is 14.7 Å². The highest BCUT2D eigenvalue weighted by molar-refractivity contribution is 5.88. The van der Waals surface area contributed by atoms with Gasteiger partial charge < -0.3 is 15.3 Å². The molecule has 0 bridgehead atoms. The SMILES string of the molecule is CC1(C(=O)N2CCC[C@@H]2C(=O)O)CCNC1. The minimum atomic E-state index is -0.875. The molecule has 5 heteroatoms. The quantitative estimate of drug-likeness (QED) is 0.698. The molecule has 16 heavy (non-hydrogen) atoms. The molecule has 2 atom stereocenters. The van der Waals surface area contributed by atoms with E-state index in [-0.39, 0.29) is 5.91 Å². The Morgan fingerprint density at radius 2 is 2.25 bits per heavy atom. The summed E-state index contributed by atoms with van der Waals surface area (Å²) in [6.07, 6.45) is 2.19. The van der Waals surface area contributed by atoms with E-state index in [0.717, 1.165) is 19.4 Å². The normalized spacial score (nSPS) is 34.3. The van der Waals surface area contributed by atoms with Gasteiger partial charge in [0.05, 0.1) is 5.41 Å². The lowest BCUT2D eigenvalue weighted by atomic mass is 9.88. The van der Waals surface area contributed by atoms with Crippen LogP contribution in [0.15, 0.2) is 0 Å². The number of aliphatic carboxylic acids is 1. The van der Waals surface area contributed by atoms with Gasteiger partial charge in [-0.1, -0.05) is 0 Å². The number of nitrogens with zero attached hydrogens (tertiary/aromatic N) is 1. The molecule has 2 aliphatic heterocycles. The van der Waals surface area contributed by atoms with Gasteiger partial charge in [0.2, 0.25) is 5.91 Å². The summed E-state index contributed by atoms with van der Waals surface area (Å²) in [7, 11) is 0. The first-order chi connectivity index (χ1) is 7.54. The molecule has 1 unspecified atom stereocenters. The molecule has 2 N–H and O–H groups in total. The summed E-state index contributed by atoms with van der Waals surface area (Å²) in [6.45, 7) is 4.01. The summed E-state index contributed by atoms with van der Waals surface area (Å²) in [6, 6.07) is -0.607. The second-order valence-corrected chi connectivity index (χ2v) is 4.98. The van der Waals surface area contributed by atoms with Crippen molar-refractivity contribution in [3.8, 4) is 0 Å². The second kappa shape index (κ2) is 4.05. The first-order valence-electron chi connectivity index (χ1n) is 5.79. The van der Waals surface area contributed by atoms with Crippen LogP contribution >= 0.6 is 0 Å². The number of likely N-dealkylation sites (tertiary alicyclic amines) is 1. The number of amides is 1. The van der Waals surface area contributed by atoms with E-state index < -0.39 is 17.4 Å². The summed E-state index contributed by atoms with van der Waals surface area (Å²) in [5.74, 6) is -0.872. The fourth-order valence-corrected chi connectivity index (χ4v) is 2.61. The van der Waals surface area contributed by atoms with Crippen molar-refractivity contribution >= 4 is 11.9 Å². The van der Waals surface area contributed by atoms with Crippen LogP contribution in [0.2, 0.25) is 0 Å². The van der Waals surface area contributed by atoms with E-state index in [1.54, 1.807) is 4.90 Å². The molecule has 5 nitrogen and oxygen atoms in total. The smallest absolute Gasteiger partial charge is 0.326 e. The number of carbonyl (C=O) groups is 2. The van der Waals surface area contributed by atoms with Crippen molar-refractivity contribution in [2.75, 3.05) is 19.6 Å². The highest BCUT2D eigenvalue weighted by Gasteiger charge is 2.44. The van der Waals surface area contributed by atoms with Gasteiger partial charge in [-0.15, -0.1) is 0 Å². The Morgan fingerprint density at radius 3 is 2.81 bits per heavy atom. The van der Waals surface area contributed by atoms with E-state index in [4.69, 9.17) is 5.11 Å². The second-order valence-electron chi connectivity index (χ2n) is 4.98. The Bertz CT molecular complexity index is 310. The van der Waals surface area contributed by atoms with E-state index in [1.807, 2.05) is 6.92 Å². The van der Waals surface area contributed by atoms with Gasteiger partial charge in [0.15, 0.2) is 0 Å². The van der Waals surface area contributed by atoms with E-state index in [0.29, 0.717) is 19.5 Å². The number of rotatable bonds is 2. The number of carboxylic acid groups (broad SMARTS) is 1. The molecular formula is C11H18N2O3. The highest BCUT2D eigenvalue weighted by Crippen LogP contribution is 2.31. The van der Waals surface area contributed by atoms with Crippen molar-refractivity contribution in [3.05, 3.63) is 0 Å². The molecule has 90 valence electrons. The van der Waals surface area contributed by atoms with E-state index in [2.05, 4.69) is 5.32 Å². The minimum absolute atomic E-state index is 0.00222. The van der Waals surface area contributed by atoms with Crippen LogP contribution in [0.25, 0.3) is 0 Å². The molecule has 2 rings (SSSR count). The minimum Gasteiger partial charge on any atom is -0.480 e. The first-order valence-corrected chi connectivity index (χ1v) is 5.79. The van der Waals surface area contributed by atoms with Gasteiger partial charge >= 0.3 is 5.97 Å². The molecule has 0 radical (unpaired) electrons. The largest absolute Gasteiger partial charge is 0.480 e. The Balaban J connectivity index is 2.12. The van der Waals surface area contributed by atoms with Gasteiger partial charge in [-0.3, -0.25) is 4.79 Å². The lowest BCUT2D eigenvalue weighted by Gasteiger charge is -2.30. The third-order valence-electron chi connectivity index (χ3n) is 3.68. The molecule has 0 aliphatic carbocycles. The molecule has 2 saturated heterocycles. The molecular weight excluding hydrogens is 208 g/mol. The summed E-state index contributed by atoms with van der Waals surface area (Å²) in [5, 5.41) is 12.2. The van der Waals surface area contributed by atoms with E-state index >= 15 is 0 Å². The van der Waals surface area contributed by atoms with Crippen LogP contribution in [0.3, 0.4) is 0 Å². The van der Waals surface area contributed by atoms with Gasteiger partial charge in [-0.05, 0) is 32.7 Å². The third kappa shape index (κ3) is 1.80. The molecule has 2 heterocycles. The number of carbonyl (C=O) groups excluding carboxylic acids is 1. The summed E-state index contributed by atoms with van der Waals surface area (Å²) < 4.78 is 0. The number of hydrogen-bond donors (Lipinski definition) is 2.